The zero-order chi connectivity index (χ0) is 19.9. The lowest BCUT2D eigenvalue weighted by molar-refractivity contribution is -0.153. The third-order valence-electron chi connectivity index (χ3n) is 3.43. The zero-order valence-electron chi connectivity index (χ0n) is 14.4. The van der Waals surface area contributed by atoms with Gasteiger partial charge in [0.15, 0.2) is 13.2 Å². The number of halogens is 4. The lowest BCUT2D eigenvalue weighted by Gasteiger charge is -2.15. The number of nitrogens with one attached hydrogen (secondary N) is 1. The predicted molar refractivity (Wildman–Crippen MR) is 102 cm³/mol. The van der Waals surface area contributed by atoms with E-state index >= 15 is 0 Å². The number of rotatable bonds is 8. The molecule has 0 fully saturated rings. The molecular formula is C18H18F3IN2O3. The van der Waals surface area contributed by atoms with E-state index in [1.807, 2.05) is 12.1 Å². The minimum absolute atomic E-state index is 0.00730. The summed E-state index contributed by atoms with van der Waals surface area (Å²) in [5.74, 6) is 0.267. The van der Waals surface area contributed by atoms with Crippen molar-refractivity contribution in [3.63, 3.8) is 0 Å². The summed E-state index contributed by atoms with van der Waals surface area (Å²) >= 11 is 2.26. The number of aromatic nitrogens is 1. The first-order chi connectivity index (χ1) is 12.8. The van der Waals surface area contributed by atoms with E-state index in [0.717, 1.165) is 9.99 Å². The fourth-order valence-corrected chi connectivity index (χ4v) is 2.59. The minimum Gasteiger partial charge on any atom is -0.484 e. The number of nitrogens with zero attached hydrogens (tertiary/aromatic N) is 1. The SMILES string of the molecule is C[C@H](NC(=O)COc1ccc(CI)cc1)c1ccc(OCC(F)(F)F)cn1. The van der Waals surface area contributed by atoms with Gasteiger partial charge in [0.1, 0.15) is 11.5 Å². The average molecular weight is 494 g/mol. The Morgan fingerprint density at radius 1 is 1.15 bits per heavy atom. The molecule has 0 unspecified atom stereocenters. The molecule has 2 aromatic rings. The van der Waals surface area contributed by atoms with Crippen LogP contribution in [0.2, 0.25) is 0 Å². The van der Waals surface area contributed by atoms with Crippen LogP contribution in [0.3, 0.4) is 0 Å². The Bertz CT molecular complexity index is 737. The molecule has 0 radical (unpaired) electrons. The fourth-order valence-electron chi connectivity index (χ4n) is 2.08. The number of carbonyl (C=O) groups is 1. The number of hydrogen-bond acceptors (Lipinski definition) is 4. The molecule has 0 bridgehead atoms. The average Bonchev–Trinajstić information content (AvgIpc) is 2.65. The van der Waals surface area contributed by atoms with Crippen molar-refractivity contribution in [3.05, 3.63) is 53.9 Å². The highest BCUT2D eigenvalue weighted by molar-refractivity contribution is 14.1. The van der Waals surface area contributed by atoms with Crippen LogP contribution >= 0.6 is 22.6 Å². The second kappa shape index (κ2) is 9.77. The van der Waals surface area contributed by atoms with Crippen LogP contribution in [0.15, 0.2) is 42.6 Å². The Balaban J connectivity index is 1.81. The Morgan fingerprint density at radius 2 is 1.81 bits per heavy atom. The maximum Gasteiger partial charge on any atom is 0.422 e. The van der Waals surface area contributed by atoms with Gasteiger partial charge >= 0.3 is 6.18 Å². The molecule has 27 heavy (non-hydrogen) atoms. The molecule has 1 amide bonds. The summed E-state index contributed by atoms with van der Waals surface area (Å²) in [4.78, 5) is 16.0. The summed E-state index contributed by atoms with van der Waals surface area (Å²) in [7, 11) is 0. The van der Waals surface area contributed by atoms with Crippen molar-refractivity contribution in [2.75, 3.05) is 13.2 Å². The lowest BCUT2D eigenvalue weighted by atomic mass is 10.2. The lowest BCUT2D eigenvalue weighted by Crippen LogP contribution is -2.31. The van der Waals surface area contributed by atoms with Gasteiger partial charge in [-0.25, -0.2) is 0 Å². The summed E-state index contributed by atoms with van der Waals surface area (Å²) in [6.45, 7) is 0.183. The number of pyridine rings is 1. The number of carbonyl (C=O) groups excluding carboxylic acids is 1. The number of amides is 1. The van der Waals surface area contributed by atoms with Crippen LogP contribution in [0, 0.1) is 0 Å². The topological polar surface area (TPSA) is 60.5 Å². The Labute approximate surface area is 168 Å². The molecule has 0 saturated heterocycles. The van der Waals surface area contributed by atoms with Crippen LogP contribution in [0.25, 0.3) is 0 Å². The van der Waals surface area contributed by atoms with Gasteiger partial charge in [0.05, 0.1) is 17.9 Å². The van der Waals surface area contributed by atoms with Gasteiger partial charge in [-0.15, -0.1) is 0 Å². The van der Waals surface area contributed by atoms with Crippen LogP contribution < -0.4 is 14.8 Å². The predicted octanol–water partition coefficient (Wildman–Crippen LogP) is 4.21. The normalized spacial score (nSPS) is 12.3. The molecule has 5 nitrogen and oxygen atoms in total. The number of alkyl halides is 4. The van der Waals surface area contributed by atoms with Crippen molar-refractivity contribution >= 4 is 28.5 Å². The van der Waals surface area contributed by atoms with E-state index in [0.29, 0.717) is 11.4 Å². The van der Waals surface area contributed by atoms with Crippen molar-refractivity contribution in [1.29, 1.82) is 0 Å². The van der Waals surface area contributed by atoms with Crippen molar-refractivity contribution in [2.24, 2.45) is 0 Å². The van der Waals surface area contributed by atoms with E-state index < -0.39 is 18.8 Å². The van der Waals surface area contributed by atoms with E-state index in [4.69, 9.17) is 4.74 Å². The van der Waals surface area contributed by atoms with Gasteiger partial charge in [-0.1, -0.05) is 34.7 Å². The van der Waals surface area contributed by atoms with Crippen LogP contribution in [-0.2, 0) is 9.22 Å². The molecule has 0 saturated carbocycles. The molecule has 0 spiro atoms. The third kappa shape index (κ3) is 7.61. The largest absolute Gasteiger partial charge is 0.484 e. The quantitative estimate of drug-likeness (QED) is 0.442. The Hall–Kier alpha value is -2.04. The van der Waals surface area contributed by atoms with Gasteiger partial charge in [-0.3, -0.25) is 9.78 Å². The second-order valence-corrected chi connectivity index (χ2v) is 6.44. The highest BCUT2D eigenvalue weighted by Crippen LogP contribution is 2.19. The summed E-state index contributed by atoms with van der Waals surface area (Å²) < 4.78 is 47.3. The van der Waals surface area contributed by atoms with E-state index in [-0.39, 0.29) is 18.3 Å². The molecule has 9 heteroatoms. The van der Waals surface area contributed by atoms with Crippen molar-refractivity contribution < 1.29 is 27.4 Å². The standard InChI is InChI=1S/C18H18F3IN2O3/c1-12(16-7-6-15(9-23-16)27-11-18(19,20)21)24-17(25)10-26-14-4-2-13(8-22)3-5-14/h2-7,9,12H,8,10-11H2,1H3,(H,24,25)/t12-/m0/s1. The number of hydrogen-bond donors (Lipinski definition) is 1. The molecule has 1 heterocycles. The molecule has 1 aromatic heterocycles. The van der Waals surface area contributed by atoms with Gasteiger partial charge in [0, 0.05) is 4.43 Å². The highest BCUT2D eigenvalue weighted by atomic mass is 127. The first-order valence-corrected chi connectivity index (χ1v) is 9.52. The molecule has 0 aliphatic heterocycles. The molecule has 2 rings (SSSR count). The maximum absolute atomic E-state index is 12.1. The first-order valence-electron chi connectivity index (χ1n) is 7.99. The Kier molecular flexibility index (Phi) is 7.69. The van der Waals surface area contributed by atoms with Crippen LogP contribution in [0.1, 0.15) is 24.2 Å². The van der Waals surface area contributed by atoms with E-state index in [1.165, 1.54) is 18.3 Å². The van der Waals surface area contributed by atoms with Crippen LogP contribution in [0.4, 0.5) is 13.2 Å². The molecule has 1 atom stereocenters. The number of benzene rings is 1. The van der Waals surface area contributed by atoms with Crippen LogP contribution in [0.5, 0.6) is 11.5 Å². The van der Waals surface area contributed by atoms with Gasteiger partial charge in [0.2, 0.25) is 0 Å². The third-order valence-corrected chi connectivity index (χ3v) is 4.31. The molecule has 146 valence electrons. The molecule has 0 aliphatic rings. The smallest absolute Gasteiger partial charge is 0.422 e. The van der Waals surface area contributed by atoms with Gasteiger partial charge < -0.3 is 14.8 Å². The van der Waals surface area contributed by atoms with Gasteiger partial charge in [-0.05, 0) is 36.8 Å². The molecule has 1 N–H and O–H groups in total. The van der Waals surface area contributed by atoms with E-state index in [2.05, 4.69) is 37.6 Å². The summed E-state index contributed by atoms with van der Waals surface area (Å²) in [6.07, 6.45) is -3.22. The second-order valence-electron chi connectivity index (χ2n) is 5.68. The fraction of sp³-hybridized carbons (Fsp3) is 0.333. The van der Waals surface area contributed by atoms with E-state index in [1.54, 1.807) is 19.1 Å². The van der Waals surface area contributed by atoms with Crippen molar-refractivity contribution in [1.82, 2.24) is 10.3 Å². The van der Waals surface area contributed by atoms with Crippen LogP contribution in [-0.4, -0.2) is 30.3 Å². The summed E-state index contributed by atoms with van der Waals surface area (Å²) in [5, 5.41) is 2.72. The minimum atomic E-state index is -4.41. The monoisotopic (exact) mass is 494 g/mol. The Morgan fingerprint density at radius 3 is 2.37 bits per heavy atom. The molecular weight excluding hydrogens is 476 g/mol. The molecule has 0 aliphatic carbocycles. The highest BCUT2D eigenvalue weighted by Gasteiger charge is 2.28. The number of ether oxygens (including phenoxy) is 2. The van der Waals surface area contributed by atoms with Crippen molar-refractivity contribution in [2.45, 2.75) is 23.6 Å². The van der Waals surface area contributed by atoms with E-state index in [9.17, 15) is 18.0 Å². The van der Waals surface area contributed by atoms with Crippen molar-refractivity contribution in [3.8, 4) is 11.5 Å². The molecule has 1 aromatic carbocycles. The summed E-state index contributed by atoms with van der Waals surface area (Å²) in [5.41, 5.74) is 1.66. The summed E-state index contributed by atoms with van der Waals surface area (Å²) in [6, 6.07) is 9.89. The first kappa shape index (κ1) is 21.3. The van der Waals surface area contributed by atoms with Gasteiger partial charge in [-0.2, -0.15) is 13.2 Å². The maximum atomic E-state index is 12.1. The van der Waals surface area contributed by atoms with Gasteiger partial charge in [0.25, 0.3) is 5.91 Å². The zero-order valence-corrected chi connectivity index (χ0v) is 16.6.